The maximum Gasteiger partial charge on any atom is 0.243 e. The Balaban J connectivity index is 1.50. The van der Waals surface area contributed by atoms with Crippen LogP contribution in [-0.4, -0.2) is 42.8 Å². The number of nitrogens with zero attached hydrogens (tertiary/aromatic N) is 2. The fourth-order valence-electron chi connectivity index (χ4n) is 5.40. The molecule has 2 fully saturated rings. The molecule has 1 saturated carbocycles. The number of sulfonamides is 1. The summed E-state index contributed by atoms with van der Waals surface area (Å²) < 4.78 is 29.0. The second kappa shape index (κ2) is 7.90. The minimum Gasteiger partial charge on any atom is -0.294 e. The summed E-state index contributed by atoms with van der Waals surface area (Å²) in [5.74, 6) is 0.369. The average molecular weight is 433 g/mol. The molecule has 31 heavy (non-hydrogen) atoms. The summed E-state index contributed by atoms with van der Waals surface area (Å²) in [6.45, 7) is 1.41. The molecule has 160 valence electrons. The van der Waals surface area contributed by atoms with Gasteiger partial charge in [0.05, 0.1) is 4.90 Å². The van der Waals surface area contributed by atoms with Gasteiger partial charge < -0.3 is 0 Å². The first kappa shape index (κ1) is 20.4. The minimum absolute atomic E-state index is 0.0844. The molecule has 4 nitrogen and oxygen atoms in total. The average Bonchev–Trinajstić information content (AvgIpc) is 3.45. The van der Waals surface area contributed by atoms with Crippen molar-refractivity contribution in [2.24, 2.45) is 5.92 Å². The van der Waals surface area contributed by atoms with Crippen LogP contribution in [0.2, 0.25) is 0 Å². The van der Waals surface area contributed by atoms with Crippen LogP contribution in [0.3, 0.4) is 0 Å². The maximum absolute atomic E-state index is 13.6. The zero-order valence-electron chi connectivity index (χ0n) is 17.8. The van der Waals surface area contributed by atoms with Gasteiger partial charge in [-0.25, -0.2) is 8.42 Å². The molecule has 5 heteroatoms. The molecule has 0 radical (unpaired) electrons. The Morgan fingerprint density at radius 1 is 0.871 bits per heavy atom. The van der Waals surface area contributed by atoms with Gasteiger partial charge >= 0.3 is 0 Å². The molecule has 0 aromatic heterocycles. The van der Waals surface area contributed by atoms with Crippen molar-refractivity contribution >= 4 is 10.0 Å². The van der Waals surface area contributed by atoms with E-state index in [4.69, 9.17) is 0 Å². The first-order valence-electron chi connectivity index (χ1n) is 10.9. The molecule has 1 saturated heterocycles. The van der Waals surface area contributed by atoms with Gasteiger partial charge in [-0.15, -0.1) is 0 Å². The van der Waals surface area contributed by atoms with Gasteiger partial charge in [0.1, 0.15) is 0 Å². The normalized spacial score (nSPS) is 25.5. The summed E-state index contributed by atoms with van der Waals surface area (Å²) in [4.78, 5) is 2.79. The van der Waals surface area contributed by atoms with Gasteiger partial charge in [0, 0.05) is 24.7 Å². The monoisotopic (exact) mass is 432 g/mol. The molecule has 0 N–H and O–H groups in total. The van der Waals surface area contributed by atoms with Crippen molar-refractivity contribution in [3.05, 3.63) is 102 Å². The van der Waals surface area contributed by atoms with E-state index >= 15 is 0 Å². The highest BCUT2D eigenvalue weighted by atomic mass is 32.2. The summed E-state index contributed by atoms with van der Waals surface area (Å²) in [5.41, 5.74) is 2.32. The number of benzene rings is 3. The highest BCUT2D eigenvalue weighted by molar-refractivity contribution is 7.89. The molecule has 1 aliphatic heterocycles. The molecule has 1 heterocycles. The molecule has 3 aromatic carbocycles. The molecular formula is C26H28N2O2S. The largest absolute Gasteiger partial charge is 0.294 e. The molecule has 5 rings (SSSR count). The first-order chi connectivity index (χ1) is 15.0. The first-order valence-corrected chi connectivity index (χ1v) is 12.3. The molecule has 2 aliphatic rings. The van der Waals surface area contributed by atoms with Crippen molar-refractivity contribution < 1.29 is 8.42 Å². The zero-order valence-corrected chi connectivity index (χ0v) is 18.6. The summed E-state index contributed by atoms with van der Waals surface area (Å²) in [5, 5.41) is 0. The minimum atomic E-state index is -3.55. The summed E-state index contributed by atoms with van der Waals surface area (Å²) >= 11 is 0. The van der Waals surface area contributed by atoms with Crippen molar-refractivity contribution in [3.63, 3.8) is 0 Å². The fourth-order valence-corrected chi connectivity index (χ4v) is 7.14. The van der Waals surface area contributed by atoms with Gasteiger partial charge in [-0.1, -0.05) is 78.9 Å². The van der Waals surface area contributed by atoms with E-state index in [-0.39, 0.29) is 11.6 Å². The lowest BCUT2D eigenvalue weighted by Crippen LogP contribution is -2.51. The lowest BCUT2D eigenvalue weighted by Gasteiger charge is -2.37. The van der Waals surface area contributed by atoms with Crippen molar-refractivity contribution in [2.75, 3.05) is 13.6 Å². The molecular weight excluding hydrogens is 404 g/mol. The van der Waals surface area contributed by atoms with E-state index in [1.54, 1.807) is 28.6 Å². The Morgan fingerprint density at radius 2 is 1.42 bits per heavy atom. The molecule has 0 bridgehead atoms. The van der Waals surface area contributed by atoms with Crippen LogP contribution in [0.5, 0.6) is 0 Å². The van der Waals surface area contributed by atoms with E-state index in [9.17, 15) is 8.42 Å². The van der Waals surface area contributed by atoms with Crippen LogP contribution < -0.4 is 0 Å². The number of hydrogen-bond donors (Lipinski definition) is 0. The molecule has 0 spiro atoms. The molecule has 1 aliphatic carbocycles. The zero-order chi connectivity index (χ0) is 21.5. The van der Waals surface area contributed by atoms with Crippen LogP contribution in [0.25, 0.3) is 0 Å². The van der Waals surface area contributed by atoms with Crippen LogP contribution in [0.15, 0.2) is 95.9 Å². The predicted octanol–water partition coefficient (Wildman–Crippen LogP) is 4.19. The predicted molar refractivity (Wildman–Crippen MR) is 123 cm³/mol. The molecule has 0 amide bonds. The summed E-state index contributed by atoms with van der Waals surface area (Å²) in [6, 6.07) is 29.5. The quantitative estimate of drug-likeness (QED) is 0.562. The van der Waals surface area contributed by atoms with E-state index in [0.717, 1.165) is 19.4 Å². The number of likely N-dealkylation sites (N-methyl/N-ethyl adjacent to an activating group) is 1. The Morgan fingerprint density at radius 3 is 2.03 bits per heavy atom. The second-order valence-corrected chi connectivity index (χ2v) is 10.7. The lowest BCUT2D eigenvalue weighted by atomic mass is 9.96. The van der Waals surface area contributed by atoms with Gasteiger partial charge in [0.25, 0.3) is 0 Å². The summed E-state index contributed by atoms with van der Waals surface area (Å²) in [6.07, 6.45) is 1.77. The van der Waals surface area contributed by atoms with Gasteiger partial charge in [0.2, 0.25) is 10.0 Å². The molecule has 3 aromatic rings. The third-order valence-electron chi connectivity index (χ3n) is 7.04. The Hall–Kier alpha value is -2.47. The van der Waals surface area contributed by atoms with E-state index in [1.807, 2.05) is 30.3 Å². The van der Waals surface area contributed by atoms with E-state index in [2.05, 4.69) is 48.3 Å². The van der Waals surface area contributed by atoms with Crippen LogP contribution in [0, 0.1) is 5.92 Å². The van der Waals surface area contributed by atoms with Gasteiger partial charge in [-0.05, 0) is 49.1 Å². The summed E-state index contributed by atoms with van der Waals surface area (Å²) in [7, 11) is -1.39. The Kier molecular flexibility index (Phi) is 5.21. The standard InChI is InChI=1S/C26H28N2O2S/c1-27(19-22-13-7-3-8-14-22)26-18-23(26)20-28(25(26)17-21-11-5-2-6-12-21)31(29,30)24-15-9-4-10-16-24/h2-16,23,25H,17-20H2,1H3/t23-,25-,26+/m0/s1. The number of fused-ring (bicyclic) bond motifs is 1. The van der Waals surface area contributed by atoms with Crippen LogP contribution in [-0.2, 0) is 23.0 Å². The Bertz CT molecular complexity index is 1140. The van der Waals surface area contributed by atoms with Crippen molar-refractivity contribution in [3.8, 4) is 0 Å². The lowest BCUT2D eigenvalue weighted by molar-refractivity contribution is 0.151. The van der Waals surface area contributed by atoms with Gasteiger partial charge in [-0.2, -0.15) is 4.31 Å². The van der Waals surface area contributed by atoms with Crippen LogP contribution in [0.1, 0.15) is 17.5 Å². The third-order valence-corrected chi connectivity index (χ3v) is 8.93. The van der Waals surface area contributed by atoms with E-state index < -0.39 is 10.0 Å². The third kappa shape index (κ3) is 3.61. The number of hydrogen-bond acceptors (Lipinski definition) is 3. The highest BCUT2D eigenvalue weighted by Gasteiger charge is 2.69. The number of piperidine rings is 1. The second-order valence-electron chi connectivity index (χ2n) is 8.83. The van der Waals surface area contributed by atoms with Crippen molar-refractivity contribution in [1.29, 1.82) is 0 Å². The Labute approximate surface area is 185 Å². The smallest absolute Gasteiger partial charge is 0.243 e. The van der Waals surface area contributed by atoms with Gasteiger partial charge in [-0.3, -0.25) is 4.90 Å². The van der Waals surface area contributed by atoms with E-state index in [0.29, 0.717) is 17.4 Å². The maximum atomic E-state index is 13.6. The molecule has 3 atom stereocenters. The fraction of sp³-hybridized carbons (Fsp3) is 0.308. The van der Waals surface area contributed by atoms with Gasteiger partial charge in [0.15, 0.2) is 0 Å². The molecule has 0 unspecified atom stereocenters. The van der Waals surface area contributed by atoms with Crippen molar-refractivity contribution in [2.45, 2.75) is 35.9 Å². The topological polar surface area (TPSA) is 40.6 Å². The number of rotatable bonds is 7. The highest BCUT2D eigenvalue weighted by Crippen LogP contribution is 2.59. The van der Waals surface area contributed by atoms with Crippen molar-refractivity contribution in [1.82, 2.24) is 9.21 Å². The van der Waals surface area contributed by atoms with Crippen LogP contribution >= 0.6 is 0 Å². The van der Waals surface area contributed by atoms with E-state index in [1.165, 1.54) is 11.1 Å². The SMILES string of the molecule is CN(Cc1ccccc1)[C@]12C[C@H]1CN(S(=O)(=O)c1ccccc1)[C@H]2Cc1ccccc1. The van der Waals surface area contributed by atoms with Crippen LogP contribution in [0.4, 0.5) is 0 Å².